The Labute approximate surface area is 149 Å². The summed E-state index contributed by atoms with van der Waals surface area (Å²) in [5, 5.41) is 10.9. The van der Waals surface area contributed by atoms with Gasteiger partial charge in [-0.05, 0) is 31.9 Å². The molecule has 1 amide bonds. The molecule has 3 rings (SSSR count). The number of pyridine rings is 1. The third-order valence-corrected chi connectivity index (χ3v) is 4.57. The minimum absolute atomic E-state index is 0.0513. The minimum Gasteiger partial charge on any atom is -0.462 e. The lowest BCUT2D eigenvalue weighted by molar-refractivity contribution is -0.120. The van der Waals surface area contributed by atoms with Crippen molar-refractivity contribution in [1.29, 1.82) is 0 Å². The second-order valence-electron chi connectivity index (χ2n) is 5.64. The molecule has 0 saturated carbocycles. The molecule has 1 N–H and O–H groups in total. The number of anilines is 2. The van der Waals surface area contributed by atoms with Gasteiger partial charge in [0.2, 0.25) is 11.0 Å². The van der Waals surface area contributed by atoms with Crippen LogP contribution in [0.2, 0.25) is 0 Å². The molecule has 25 heavy (non-hydrogen) atoms. The molecule has 2 aromatic rings. The highest BCUT2D eigenvalue weighted by Gasteiger charge is 2.27. The van der Waals surface area contributed by atoms with E-state index in [1.807, 2.05) is 0 Å². The van der Waals surface area contributed by atoms with Gasteiger partial charge in [0.15, 0.2) is 0 Å². The van der Waals surface area contributed by atoms with Gasteiger partial charge in [0, 0.05) is 19.3 Å². The van der Waals surface area contributed by atoms with E-state index in [0.29, 0.717) is 23.8 Å². The van der Waals surface area contributed by atoms with E-state index in [9.17, 15) is 9.59 Å². The number of hydrogen-bond donors (Lipinski definition) is 1. The van der Waals surface area contributed by atoms with Crippen LogP contribution in [0.1, 0.15) is 30.1 Å². The number of nitrogens with one attached hydrogen (secondary N) is 1. The first-order valence-electron chi connectivity index (χ1n) is 8.12. The molecule has 1 aliphatic rings. The maximum absolute atomic E-state index is 12.4. The summed E-state index contributed by atoms with van der Waals surface area (Å²) < 4.78 is 4.96. The predicted octanol–water partition coefficient (Wildman–Crippen LogP) is 1.96. The normalized spacial score (nSPS) is 17.2. The number of ether oxygens (including phenoxy) is 1. The Morgan fingerprint density at radius 1 is 1.44 bits per heavy atom. The Morgan fingerprint density at radius 2 is 2.32 bits per heavy atom. The number of carbonyl (C=O) groups excluding carboxylic acids is 2. The first kappa shape index (κ1) is 17.3. The first-order chi connectivity index (χ1) is 12.2. The zero-order valence-electron chi connectivity index (χ0n) is 13.8. The number of piperidine rings is 1. The van der Waals surface area contributed by atoms with Crippen molar-refractivity contribution in [2.75, 3.05) is 29.9 Å². The fourth-order valence-electron chi connectivity index (χ4n) is 2.74. The third-order valence-electron chi connectivity index (χ3n) is 3.97. The standard InChI is InChI=1S/C16H19N5O3S/c1-2-24-15(23)11-5-6-13(17-8-11)21-7-3-4-12(9-21)14(22)19-16-20-18-10-25-16/h5-6,8,10,12H,2-4,7,9H2,1H3,(H,19,20,22)/t12-/m1/s1. The first-order valence-corrected chi connectivity index (χ1v) is 9.00. The van der Waals surface area contributed by atoms with E-state index in [1.165, 1.54) is 17.5 Å². The molecule has 1 saturated heterocycles. The Bertz CT molecular complexity index is 720. The van der Waals surface area contributed by atoms with Crippen LogP contribution in [0.15, 0.2) is 23.8 Å². The molecule has 9 heteroatoms. The number of hydrogen-bond acceptors (Lipinski definition) is 8. The summed E-state index contributed by atoms with van der Waals surface area (Å²) >= 11 is 1.30. The van der Waals surface area contributed by atoms with Crippen molar-refractivity contribution in [3.8, 4) is 0 Å². The summed E-state index contributed by atoms with van der Waals surface area (Å²) in [5.41, 5.74) is 2.01. The van der Waals surface area contributed by atoms with Gasteiger partial charge < -0.3 is 15.0 Å². The minimum atomic E-state index is -0.380. The maximum atomic E-state index is 12.4. The SMILES string of the molecule is CCOC(=O)c1ccc(N2CCC[C@@H](C(=O)Nc3nncs3)C2)nc1. The average Bonchev–Trinajstić information content (AvgIpc) is 3.15. The lowest BCUT2D eigenvalue weighted by Crippen LogP contribution is -2.41. The van der Waals surface area contributed by atoms with Crippen molar-refractivity contribution < 1.29 is 14.3 Å². The van der Waals surface area contributed by atoms with Crippen LogP contribution in [0.5, 0.6) is 0 Å². The number of amides is 1. The van der Waals surface area contributed by atoms with Gasteiger partial charge in [0.25, 0.3) is 0 Å². The van der Waals surface area contributed by atoms with Crippen LogP contribution in [-0.2, 0) is 9.53 Å². The molecule has 0 unspecified atom stereocenters. The Kier molecular flexibility index (Phi) is 5.54. The van der Waals surface area contributed by atoms with Crippen LogP contribution in [-0.4, -0.2) is 46.8 Å². The quantitative estimate of drug-likeness (QED) is 0.813. The largest absolute Gasteiger partial charge is 0.462 e. The van der Waals surface area contributed by atoms with E-state index in [4.69, 9.17) is 4.74 Å². The third kappa shape index (κ3) is 4.30. The molecule has 3 heterocycles. The van der Waals surface area contributed by atoms with Gasteiger partial charge in [-0.25, -0.2) is 9.78 Å². The van der Waals surface area contributed by atoms with Gasteiger partial charge >= 0.3 is 5.97 Å². The summed E-state index contributed by atoms with van der Waals surface area (Å²) in [6.07, 6.45) is 3.23. The number of esters is 1. The van der Waals surface area contributed by atoms with Crippen molar-refractivity contribution in [2.45, 2.75) is 19.8 Å². The molecule has 0 radical (unpaired) electrons. The van der Waals surface area contributed by atoms with E-state index in [1.54, 1.807) is 24.6 Å². The molecule has 0 bridgehead atoms. The monoisotopic (exact) mass is 361 g/mol. The Balaban J connectivity index is 1.62. The summed E-state index contributed by atoms with van der Waals surface area (Å²) in [6.45, 7) is 3.50. The van der Waals surface area contributed by atoms with Gasteiger partial charge in [-0.15, -0.1) is 10.2 Å². The summed E-state index contributed by atoms with van der Waals surface area (Å²) in [6, 6.07) is 3.49. The highest BCUT2D eigenvalue weighted by Crippen LogP contribution is 2.23. The van der Waals surface area contributed by atoms with Crippen molar-refractivity contribution in [3.63, 3.8) is 0 Å². The van der Waals surface area contributed by atoms with Gasteiger partial charge in [-0.1, -0.05) is 11.3 Å². The van der Waals surface area contributed by atoms with Crippen LogP contribution in [0.3, 0.4) is 0 Å². The van der Waals surface area contributed by atoms with Crippen LogP contribution in [0.4, 0.5) is 10.9 Å². The van der Waals surface area contributed by atoms with Gasteiger partial charge in [-0.3, -0.25) is 4.79 Å². The summed E-state index contributed by atoms with van der Waals surface area (Å²) in [7, 11) is 0. The number of carbonyl (C=O) groups is 2. The second-order valence-corrected chi connectivity index (χ2v) is 6.48. The van der Waals surface area contributed by atoms with Crippen molar-refractivity contribution in [3.05, 3.63) is 29.4 Å². The Hall–Kier alpha value is -2.55. The van der Waals surface area contributed by atoms with Gasteiger partial charge in [0.05, 0.1) is 18.1 Å². The molecule has 1 atom stereocenters. The molecule has 1 fully saturated rings. The summed E-state index contributed by atoms with van der Waals surface area (Å²) in [5.74, 6) is 0.185. The molecule has 2 aromatic heterocycles. The average molecular weight is 361 g/mol. The number of nitrogens with zero attached hydrogens (tertiary/aromatic N) is 4. The van der Waals surface area contributed by atoms with Crippen molar-refractivity contribution in [1.82, 2.24) is 15.2 Å². The van der Waals surface area contributed by atoms with Crippen LogP contribution in [0, 0.1) is 5.92 Å². The fourth-order valence-corrected chi connectivity index (χ4v) is 3.19. The van der Waals surface area contributed by atoms with E-state index < -0.39 is 0 Å². The second kappa shape index (κ2) is 8.02. The highest BCUT2D eigenvalue weighted by molar-refractivity contribution is 7.13. The van der Waals surface area contributed by atoms with Gasteiger partial charge in [-0.2, -0.15) is 0 Å². The van der Waals surface area contributed by atoms with E-state index in [-0.39, 0.29) is 17.8 Å². The zero-order chi connectivity index (χ0) is 17.6. The topological polar surface area (TPSA) is 97.3 Å². The van der Waals surface area contributed by atoms with E-state index in [0.717, 1.165) is 25.2 Å². The van der Waals surface area contributed by atoms with Gasteiger partial charge in [0.1, 0.15) is 11.3 Å². The van der Waals surface area contributed by atoms with Crippen molar-refractivity contribution >= 4 is 34.2 Å². The van der Waals surface area contributed by atoms with Crippen LogP contribution >= 0.6 is 11.3 Å². The molecular weight excluding hydrogens is 342 g/mol. The Morgan fingerprint density at radius 3 is 3.00 bits per heavy atom. The van der Waals surface area contributed by atoms with Crippen molar-refractivity contribution in [2.24, 2.45) is 5.92 Å². The molecule has 8 nitrogen and oxygen atoms in total. The highest BCUT2D eigenvalue weighted by atomic mass is 32.1. The summed E-state index contributed by atoms with van der Waals surface area (Å²) in [4.78, 5) is 30.5. The lowest BCUT2D eigenvalue weighted by atomic mass is 9.97. The van der Waals surface area contributed by atoms with Crippen LogP contribution < -0.4 is 10.2 Å². The number of rotatable bonds is 5. The fraction of sp³-hybridized carbons (Fsp3) is 0.438. The van der Waals surface area contributed by atoms with E-state index >= 15 is 0 Å². The zero-order valence-corrected chi connectivity index (χ0v) is 14.7. The molecule has 0 aromatic carbocycles. The van der Waals surface area contributed by atoms with E-state index in [2.05, 4.69) is 25.4 Å². The molecule has 1 aliphatic heterocycles. The maximum Gasteiger partial charge on any atom is 0.339 e. The van der Waals surface area contributed by atoms with Crippen LogP contribution in [0.25, 0.3) is 0 Å². The smallest absolute Gasteiger partial charge is 0.339 e. The molecule has 0 spiro atoms. The molecule has 0 aliphatic carbocycles. The molecular formula is C16H19N5O3S. The molecule has 132 valence electrons. The number of aromatic nitrogens is 3. The lowest BCUT2D eigenvalue weighted by Gasteiger charge is -2.32. The predicted molar refractivity (Wildman–Crippen MR) is 93.7 cm³/mol.